The van der Waals surface area contributed by atoms with Crippen molar-refractivity contribution in [2.45, 2.75) is 17.9 Å². The van der Waals surface area contributed by atoms with Crippen LogP contribution in [0.3, 0.4) is 0 Å². The van der Waals surface area contributed by atoms with Gasteiger partial charge in [0.05, 0.1) is 11.0 Å². The summed E-state index contributed by atoms with van der Waals surface area (Å²) in [5, 5.41) is -0.416. The summed E-state index contributed by atoms with van der Waals surface area (Å²) in [6, 6.07) is 3.66. The van der Waals surface area contributed by atoms with Crippen molar-refractivity contribution in [1.82, 2.24) is 0 Å². The van der Waals surface area contributed by atoms with E-state index in [0.717, 1.165) is 6.07 Å². The molecule has 0 amide bonds. The smallest absolute Gasteiger partial charge is 0.158 e. The van der Waals surface area contributed by atoms with Gasteiger partial charge in [0.1, 0.15) is 5.82 Å². The van der Waals surface area contributed by atoms with Crippen molar-refractivity contribution >= 4 is 21.4 Å². The van der Waals surface area contributed by atoms with Crippen molar-refractivity contribution in [3.8, 4) is 0 Å². The summed E-state index contributed by atoms with van der Waals surface area (Å²) in [7, 11) is -3.38. The predicted octanol–water partition coefficient (Wildman–Crippen LogP) is 1.74. The van der Waals surface area contributed by atoms with Crippen molar-refractivity contribution in [1.29, 1.82) is 0 Å². The predicted molar refractivity (Wildman–Crippen MR) is 62.6 cm³/mol. The average Bonchev–Trinajstić information content (AvgIpc) is 2.22. The second-order valence-corrected chi connectivity index (χ2v) is 6.42. The first kappa shape index (κ1) is 13.4. The van der Waals surface area contributed by atoms with Crippen molar-refractivity contribution in [3.63, 3.8) is 0 Å². The van der Waals surface area contributed by atoms with E-state index in [9.17, 15) is 12.8 Å². The van der Waals surface area contributed by atoms with Gasteiger partial charge in [0.2, 0.25) is 0 Å². The zero-order chi connectivity index (χ0) is 12.3. The molecule has 1 aromatic carbocycles. The van der Waals surface area contributed by atoms with Gasteiger partial charge >= 0.3 is 0 Å². The van der Waals surface area contributed by atoms with Gasteiger partial charge in [-0.3, -0.25) is 0 Å². The number of rotatable bonds is 4. The van der Waals surface area contributed by atoms with Gasteiger partial charge in [-0.15, -0.1) is 0 Å². The molecule has 0 fully saturated rings. The van der Waals surface area contributed by atoms with Gasteiger partial charge in [-0.05, 0) is 30.7 Å². The molecule has 90 valence electrons. The van der Waals surface area contributed by atoms with Gasteiger partial charge in [-0.1, -0.05) is 11.6 Å². The fraction of sp³-hybridized carbons (Fsp3) is 0.400. The van der Waals surface area contributed by atoms with E-state index in [-0.39, 0.29) is 22.9 Å². The van der Waals surface area contributed by atoms with Crippen LogP contribution in [0.4, 0.5) is 4.39 Å². The highest BCUT2D eigenvalue weighted by Crippen LogP contribution is 2.21. The summed E-state index contributed by atoms with van der Waals surface area (Å²) in [5.74, 6) is -0.794. The van der Waals surface area contributed by atoms with E-state index in [2.05, 4.69) is 0 Å². The fourth-order valence-corrected chi connectivity index (χ4v) is 2.67. The molecule has 6 heteroatoms. The normalized spacial score (nSPS) is 13.8. The number of hydrogen-bond donors (Lipinski definition) is 1. The van der Waals surface area contributed by atoms with Crippen molar-refractivity contribution in [2.75, 3.05) is 6.54 Å². The number of nitrogens with two attached hydrogens (primary N) is 1. The largest absolute Gasteiger partial charge is 0.329 e. The van der Waals surface area contributed by atoms with E-state index < -0.39 is 20.9 Å². The first-order valence-corrected chi connectivity index (χ1v) is 6.81. The van der Waals surface area contributed by atoms with Gasteiger partial charge in [0.25, 0.3) is 0 Å². The third-order valence-corrected chi connectivity index (χ3v) is 4.81. The van der Waals surface area contributed by atoms with Crippen LogP contribution in [0, 0.1) is 5.82 Å². The van der Waals surface area contributed by atoms with Crippen LogP contribution in [0.2, 0.25) is 5.02 Å². The van der Waals surface area contributed by atoms with Crippen LogP contribution in [-0.4, -0.2) is 20.2 Å². The molecule has 0 bridgehead atoms. The topological polar surface area (TPSA) is 60.2 Å². The highest BCUT2D eigenvalue weighted by atomic mass is 35.5. The van der Waals surface area contributed by atoms with Crippen molar-refractivity contribution < 1.29 is 12.8 Å². The minimum atomic E-state index is -3.38. The lowest BCUT2D eigenvalue weighted by atomic mass is 10.2. The number of halogens is 2. The van der Waals surface area contributed by atoms with E-state index in [1.165, 1.54) is 19.1 Å². The molecule has 0 aliphatic heterocycles. The molecule has 3 nitrogen and oxygen atoms in total. The molecule has 1 aromatic rings. The van der Waals surface area contributed by atoms with Crippen LogP contribution >= 0.6 is 11.6 Å². The molecule has 1 atom stereocenters. The lowest BCUT2D eigenvalue weighted by Crippen LogP contribution is -2.27. The minimum absolute atomic E-state index is 0.0370. The highest BCUT2D eigenvalue weighted by Gasteiger charge is 2.21. The molecule has 1 unspecified atom stereocenters. The Bertz CT molecular complexity index is 476. The molecule has 0 aliphatic carbocycles. The minimum Gasteiger partial charge on any atom is -0.329 e. The van der Waals surface area contributed by atoms with Gasteiger partial charge in [0.15, 0.2) is 9.84 Å². The first-order valence-electron chi connectivity index (χ1n) is 4.72. The Kier molecular flexibility index (Phi) is 4.29. The third-order valence-electron chi connectivity index (χ3n) is 2.31. The monoisotopic (exact) mass is 265 g/mol. The van der Waals surface area contributed by atoms with E-state index in [1.807, 2.05) is 0 Å². The Morgan fingerprint density at radius 3 is 2.69 bits per heavy atom. The maximum absolute atomic E-state index is 12.9. The summed E-state index contributed by atoms with van der Waals surface area (Å²) >= 11 is 5.79. The summed E-state index contributed by atoms with van der Waals surface area (Å²) in [6.45, 7) is 1.55. The lowest BCUT2D eigenvalue weighted by Gasteiger charge is -2.11. The van der Waals surface area contributed by atoms with Gasteiger partial charge in [-0.25, -0.2) is 12.8 Å². The van der Waals surface area contributed by atoms with E-state index in [4.69, 9.17) is 17.3 Å². The van der Waals surface area contributed by atoms with Crippen LogP contribution < -0.4 is 5.73 Å². The Hall–Kier alpha value is -0.650. The van der Waals surface area contributed by atoms with E-state index >= 15 is 0 Å². The quantitative estimate of drug-likeness (QED) is 0.902. The van der Waals surface area contributed by atoms with Crippen LogP contribution in [0.15, 0.2) is 18.2 Å². The number of hydrogen-bond acceptors (Lipinski definition) is 3. The van der Waals surface area contributed by atoms with Crippen LogP contribution in [0.25, 0.3) is 0 Å². The van der Waals surface area contributed by atoms with Crippen molar-refractivity contribution in [2.24, 2.45) is 5.73 Å². The highest BCUT2D eigenvalue weighted by molar-refractivity contribution is 7.91. The van der Waals surface area contributed by atoms with Crippen molar-refractivity contribution in [3.05, 3.63) is 34.6 Å². The lowest BCUT2D eigenvalue weighted by molar-refractivity contribution is 0.582. The van der Waals surface area contributed by atoms with Gasteiger partial charge in [0, 0.05) is 11.6 Å². The van der Waals surface area contributed by atoms with E-state index in [0.29, 0.717) is 0 Å². The Morgan fingerprint density at radius 2 is 2.12 bits per heavy atom. The zero-order valence-electron chi connectivity index (χ0n) is 8.78. The molecule has 2 N–H and O–H groups in total. The average molecular weight is 266 g/mol. The van der Waals surface area contributed by atoms with Gasteiger partial charge in [-0.2, -0.15) is 0 Å². The second kappa shape index (κ2) is 5.12. The summed E-state index contributed by atoms with van der Waals surface area (Å²) in [4.78, 5) is 0. The van der Waals surface area contributed by atoms with E-state index in [1.54, 1.807) is 0 Å². The SMILES string of the molecule is CC(CN)S(=O)(=O)Cc1cc(F)ccc1Cl. The molecular weight excluding hydrogens is 253 g/mol. The molecule has 0 radical (unpaired) electrons. The molecule has 0 aromatic heterocycles. The molecule has 1 rings (SSSR count). The molecule has 0 aliphatic rings. The molecule has 0 saturated carbocycles. The Labute approximate surface area is 99.3 Å². The molecular formula is C10H13ClFNO2S. The molecule has 16 heavy (non-hydrogen) atoms. The Balaban J connectivity index is 3.01. The fourth-order valence-electron chi connectivity index (χ4n) is 1.16. The number of benzene rings is 1. The maximum atomic E-state index is 12.9. The third kappa shape index (κ3) is 3.17. The molecule has 0 heterocycles. The summed E-state index contributed by atoms with van der Waals surface area (Å²) in [5.41, 5.74) is 5.56. The van der Waals surface area contributed by atoms with Gasteiger partial charge < -0.3 is 5.73 Å². The first-order chi connectivity index (χ1) is 7.36. The van der Waals surface area contributed by atoms with Crippen LogP contribution in [0.5, 0.6) is 0 Å². The molecule has 0 saturated heterocycles. The summed E-state index contributed by atoms with van der Waals surface area (Å²) < 4.78 is 36.4. The second-order valence-electron chi connectivity index (χ2n) is 3.59. The van der Waals surface area contributed by atoms with Crippen LogP contribution in [0.1, 0.15) is 12.5 Å². The zero-order valence-corrected chi connectivity index (χ0v) is 10.4. The summed E-state index contributed by atoms with van der Waals surface area (Å²) in [6.07, 6.45) is 0. The maximum Gasteiger partial charge on any atom is 0.158 e. The number of sulfone groups is 1. The molecule has 0 spiro atoms. The Morgan fingerprint density at radius 1 is 1.50 bits per heavy atom. The van der Waals surface area contributed by atoms with Crippen LogP contribution in [-0.2, 0) is 15.6 Å². The standard InChI is InChI=1S/C10H13ClFNO2S/c1-7(5-13)16(14,15)6-8-4-9(12)2-3-10(8)11/h2-4,7H,5-6,13H2,1H3.